The average molecular weight is 305 g/mol. The lowest BCUT2D eigenvalue weighted by atomic mass is 9.97. The van der Waals surface area contributed by atoms with Crippen LogP contribution in [0, 0.1) is 34.9 Å². The van der Waals surface area contributed by atoms with Gasteiger partial charge in [0, 0.05) is 17.2 Å². The van der Waals surface area contributed by atoms with E-state index in [4.69, 9.17) is 0 Å². The first kappa shape index (κ1) is 15.4. The number of rotatable bonds is 3. The predicted molar refractivity (Wildman–Crippen MR) is 63.5 cm³/mol. The summed E-state index contributed by atoms with van der Waals surface area (Å²) in [6, 6.07) is 1.08. The Hall–Kier alpha value is -2.02. The van der Waals surface area contributed by atoms with E-state index in [9.17, 15) is 26.3 Å². The van der Waals surface area contributed by atoms with Gasteiger partial charge < -0.3 is 5.32 Å². The monoisotopic (exact) mass is 305 g/mol. The van der Waals surface area contributed by atoms with Crippen LogP contribution in [0.2, 0.25) is 0 Å². The van der Waals surface area contributed by atoms with Crippen molar-refractivity contribution in [2.75, 3.05) is 7.05 Å². The van der Waals surface area contributed by atoms with E-state index < -0.39 is 52.1 Å². The molecule has 2 rings (SSSR count). The Bertz CT molecular complexity index is 684. The maximum atomic E-state index is 13.8. The van der Waals surface area contributed by atoms with Gasteiger partial charge in [-0.3, -0.25) is 0 Å². The Labute approximate surface area is 116 Å². The molecule has 0 aromatic heterocycles. The molecule has 0 spiro atoms. The minimum atomic E-state index is -1.73. The van der Waals surface area contributed by atoms with Crippen molar-refractivity contribution >= 4 is 0 Å². The molecule has 0 heterocycles. The molecule has 112 valence electrons. The molecular weight excluding hydrogens is 296 g/mol. The quantitative estimate of drug-likeness (QED) is 0.516. The third-order valence-corrected chi connectivity index (χ3v) is 3.02. The summed E-state index contributed by atoms with van der Waals surface area (Å²) in [5, 5.41) is 2.45. The number of halogens is 6. The second kappa shape index (κ2) is 5.77. The van der Waals surface area contributed by atoms with Crippen LogP contribution < -0.4 is 5.32 Å². The van der Waals surface area contributed by atoms with Crippen LogP contribution in [0.25, 0.3) is 0 Å². The summed E-state index contributed by atoms with van der Waals surface area (Å²) in [7, 11) is 1.28. The molecule has 1 nitrogen and oxygen atoms in total. The van der Waals surface area contributed by atoms with Gasteiger partial charge in [-0.05, 0) is 19.2 Å². The molecule has 0 fully saturated rings. The second-order valence-electron chi connectivity index (χ2n) is 4.27. The lowest BCUT2D eigenvalue weighted by Crippen LogP contribution is -2.21. The molecular formula is C14H9F6N. The fraction of sp³-hybridized carbons (Fsp3) is 0.143. The average Bonchev–Trinajstić information content (AvgIpc) is 2.44. The number of nitrogens with one attached hydrogen (secondary N) is 1. The van der Waals surface area contributed by atoms with Gasteiger partial charge in [-0.2, -0.15) is 0 Å². The van der Waals surface area contributed by atoms with Gasteiger partial charge in [0.2, 0.25) is 0 Å². The molecule has 1 N–H and O–H groups in total. The van der Waals surface area contributed by atoms with Crippen molar-refractivity contribution in [2.24, 2.45) is 0 Å². The highest BCUT2D eigenvalue weighted by Crippen LogP contribution is 2.29. The molecule has 7 heteroatoms. The lowest BCUT2D eigenvalue weighted by Gasteiger charge is -2.19. The van der Waals surface area contributed by atoms with E-state index in [1.165, 1.54) is 7.05 Å². The van der Waals surface area contributed by atoms with Gasteiger partial charge in [0.15, 0.2) is 29.1 Å². The Morgan fingerprint density at radius 1 is 0.714 bits per heavy atom. The van der Waals surface area contributed by atoms with Crippen LogP contribution in [0.5, 0.6) is 0 Å². The van der Waals surface area contributed by atoms with Crippen LogP contribution in [-0.4, -0.2) is 7.05 Å². The molecule has 0 saturated heterocycles. The largest absolute Gasteiger partial charge is 0.309 e. The Morgan fingerprint density at radius 2 is 1.33 bits per heavy atom. The van der Waals surface area contributed by atoms with Gasteiger partial charge in [-0.15, -0.1) is 0 Å². The van der Waals surface area contributed by atoms with Crippen molar-refractivity contribution in [1.29, 1.82) is 0 Å². The fourth-order valence-electron chi connectivity index (χ4n) is 2.00. The van der Waals surface area contributed by atoms with Gasteiger partial charge in [-0.1, -0.05) is 6.07 Å². The molecule has 0 aliphatic carbocycles. The SMILES string of the molecule is CNC(c1cc(F)c(F)cc1F)c1ccc(F)c(F)c1F. The Morgan fingerprint density at radius 3 is 1.95 bits per heavy atom. The fourth-order valence-corrected chi connectivity index (χ4v) is 2.00. The molecule has 0 amide bonds. The first-order chi connectivity index (χ1) is 9.86. The van der Waals surface area contributed by atoms with Crippen LogP contribution in [-0.2, 0) is 0 Å². The molecule has 0 bridgehead atoms. The topological polar surface area (TPSA) is 12.0 Å². The van der Waals surface area contributed by atoms with E-state index in [1.54, 1.807) is 0 Å². The smallest absolute Gasteiger partial charge is 0.194 e. The Balaban J connectivity index is 2.60. The van der Waals surface area contributed by atoms with E-state index >= 15 is 0 Å². The summed E-state index contributed by atoms with van der Waals surface area (Å²) in [5.41, 5.74) is -0.859. The lowest BCUT2D eigenvalue weighted by molar-refractivity contribution is 0.432. The van der Waals surface area contributed by atoms with Gasteiger partial charge in [0.1, 0.15) is 5.82 Å². The van der Waals surface area contributed by atoms with Crippen molar-refractivity contribution in [2.45, 2.75) is 6.04 Å². The zero-order chi connectivity index (χ0) is 15.7. The van der Waals surface area contributed by atoms with Crippen molar-refractivity contribution < 1.29 is 26.3 Å². The molecule has 1 atom stereocenters. The number of hydrogen-bond acceptors (Lipinski definition) is 1. The Kier molecular flexibility index (Phi) is 4.22. The van der Waals surface area contributed by atoms with Gasteiger partial charge in [0.25, 0.3) is 0 Å². The first-order valence-electron chi connectivity index (χ1n) is 5.82. The summed E-state index contributed by atoms with van der Waals surface area (Å²) in [6.45, 7) is 0. The molecule has 0 saturated carbocycles. The molecule has 2 aromatic rings. The summed E-state index contributed by atoms with van der Waals surface area (Å²) in [4.78, 5) is 0. The zero-order valence-corrected chi connectivity index (χ0v) is 10.7. The van der Waals surface area contributed by atoms with Crippen LogP contribution in [0.15, 0.2) is 24.3 Å². The molecule has 0 radical (unpaired) electrons. The zero-order valence-electron chi connectivity index (χ0n) is 10.7. The van der Waals surface area contributed by atoms with Crippen molar-refractivity contribution in [3.8, 4) is 0 Å². The summed E-state index contributed by atoms with van der Waals surface area (Å²) < 4.78 is 79.8. The maximum Gasteiger partial charge on any atom is 0.194 e. The highest BCUT2D eigenvalue weighted by atomic mass is 19.2. The number of benzene rings is 2. The molecule has 0 aliphatic heterocycles. The van der Waals surface area contributed by atoms with Crippen molar-refractivity contribution in [3.05, 3.63) is 70.3 Å². The molecule has 21 heavy (non-hydrogen) atoms. The van der Waals surface area contributed by atoms with Crippen LogP contribution >= 0.6 is 0 Å². The minimum Gasteiger partial charge on any atom is -0.309 e. The summed E-state index contributed by atoms with van der Waals surface area (Å²) in [6.07, 6.45) is 0. The maximum absolute atomic E-state index is 13.8. The van der Waals surface area contributed by atoms with E-state index in [1.807, 2.05) is 0 Å². The predicted octanol–water partition coefficient (Wildman–Crippen LogP) is 3.83. The van der Waals surface area contributed by atoms with Crippen LogP contribution in [0.3, 0.4) is 0 Å². The van der Waals surface area contributed by atoms with Crippen molar-refractivity contribution in [1.82, 2.24) is 5.32 Å². The standard InChI is InChI=1S/C14H9F6N/c1-21-14(6-2-3-8(15)13(20)12(6)19)7-4-10(17)11(18)5-9(7)16/h2-5,14,21H,1H3. The van der Waals surface area contributed by atoms with Crippen LogP contribution in [0.1, 0.15) is 17.2 Å². The van der Waals surface area contributed by atoms with E-state index in [0.717, 1.165) is 6.07 Å². The third-order valence-electron chi connectivity index (χ3n) is 3.02. The summed E-state index contributed by atoms with van der Waals surface area (Å²) >= 11 is 0. The molecule has 2 aromatic carbocycles. The number of hydrogen-bond donors (Lipinski definition) is 1. The van der Waals surface area contributed by atoms with E-state index in [0.29, 0.717) is 18.2 Å². The third kappa shape index (κ3) is 2.73. The van der Waals surface area contributed by atoms with Crippen molar-refractivity contribution in [3.63, 3.8) is 0 Å². The highest BCUT2D eigenvalue weighted by molar-refractivity contribution is 5.35. The van der Waals surface area contributed by atoms with Crippen LogP contribution in [0.4, 0.5) is 26.3 Å². The van der Waals surface area contributed by atoms with Gasteiger partial charge >= 0.3 is 0 Å². The minimum absolute atomic E-state index is 0.298. The highest BCUT2D eigenvalue weighted by Gasteiger charge is 2.24. The normalized spacial score (nSPS) is 12.5. The van der Waals surface area contributed by atoms with Gasteiger partial charge in [0.05, 0.1) is 6.04 Å². The first-order valence-corrected chi connectivity index (χ1v) is 5.82. The summed E-state index contributed by atoms with van der Waals surface area (Å²) in [5.74, 6) is -8.55. The van der Waals surface area contributed by atoms with E-state index in [-0.39, 0.29) is 0 Å². The van der Waals surface area contributed by atoms with Gasteiger partial charge in [-0.25, -0.2) is 26.3 Å². The molecule has 1 unspecified atom stereocenters. The van der Waals surface area contributed by atoms with E-state index in [2.05, 4.69) is 5.32 Å². The molecule has 0 aliphatic rings. The second-order valence-corrected chi connectivity index (χ2v) is 4.27.